The molecule has 148 valence electrons. The maximum atomic E-state index is 14.0. The largest absolute Gasteiger partial charge is 0.345 e. The van der Waals surface area contributed by atoms with E-state index in [4.69, 9.17) is 23.2 Å². The first-order valence-corrected chi connectivity index (χ1v) is 9.74. The number of H-pyrrole nitrogens is 2. The van der Waals surface area contributed by atoms with E-state index in [0.29, 0.717) is 45.9 Å². The number of rotatable bonds is 6. The summed E-state index contributed by atoms with van der Waals surface area (Å²) in [6, 6.07) is 16.7. The van der Waals surface area contributed by atoms with Crippen molar-refractivity contribution in [3.8, 4) is 22.5 Å². The molecule has 0 aliphatic heterocycles. The first-order valence-electron chi connectivity index (χ1n) is 8.98. The number of aromatic amines is 2. The van der Waals surface area contributed by atoms with Crippen LogP contribution in [0, 0.1) is 11.6 Å². The van der Waals surface area contributed by atoms with Crippen molar-refractivity contribution in [2.24, 2.45) is 0 Å². The van der Waals surface area contributed by atoms with Gasteiger partial charge in [-0.1, -0.05) is 47.5 Å². The molecule has 3 N–H and O–H groups in total. The number of hydrogen-bond donors (Lipinski definition) is 3. The van der Waals surface area contributed by atoms with E-state index in [1.54, 1.807) is 36.4 Å². The maximum absolute atomic E-state index is 14.0. The van der Waals surface area contributed by atoms with Gasteiger partial charge in [0.15, 0.2) is 0 Å². The molecule has 2 heterocycles. The number of benzene rings is 2. The molecule has 3 nitrogen and oxygen atoms in total. The van der Waals surface area contributed by atoms with E-state index in [0.717, 1.165) is 11.1 Å². The third-order valence-corrected chi connectivity index (χ3v) is 5.32. The zero-order chi connectivity index (χ0) is 20.4. The molecule has 0 amide bonds. The summed E-state index contributed by atoms with van der Waals surface area (Å²) in [5.41, 5.74) is 3.78. The van der Waals surface area contributed by atoms with Gasteiger partial charge in [-0.2, -0.15) is 0 Å². The van der Waals surface area contributed by atoms with Gasteiger partial charge in [0.2, 0.25) is 0 Å². The number of halogens is 4. The SMILES string of the molecule is Fc1ccccc1-c1cc(CNCc2cc(-c3ccccc3F)[nH]c2Cl)c(Cl)[nH]1. The predicted molar refractivity (Wildman–Crippen MR) is 113 cm³/mol. The zero-order valence-corrected chi connectivity index (χ0v) is 16.7. The maximum Gasteiger partial charge on any atom is 0.132 e. The zero-order valence-electron chi connectivity index (χ0n) is 15.2. The second kappa shape index (κ2) is 8.41. The number of hydrogen-bond acceptors (Lipinski definition) is 1. The minimum Gasteiger partial charge on any atom is -0.345 e. The Balaban J connectivity index is 1.45. The quantitative estimate of drug-likeness (QED) is 0.318. The lowest BCUT2D eigenvalue weighted by Gasteiger charge is -2.02. The monoisotopic (exact) mass is 431 g/mol. The molecule has 4 aromatic rings. The molecular formula is C22H17Cl2F2N3. The topological polar surface area (TPSA) is 43.6 Å². The molecule has 4 rings (SSSR count). The summed E-state index contributed by atoms with van der Waals surface area (Å²) in [6.07, 6.45) is 0. The van der Waals surface area contributed by atoms with E-state index >= 15 is 0 Å². The summed E-state index contributed by atoms with van der Waals surface area (Å²) in [4.78, 5) is 6.01. The van der Waals surface area contributed by atoms with Gasteiger partial charge in [0.05, 0.1) is 0 Å². The molecule has 0 aliphatic rings. The van der Waals surface area contributed by atoms with Crippen molar-refractivity contribution in [2.45, 2.75) is 13.1 Å². The molecule has 0 saturated carbocycles. The van der Waals surface area contributed by atoms with Crippen molar-refractivity contribution in [1.29, 1.82) is 0 Å². The van der Waals surface area contributed by atoms with E-state index in [1.807, 2.05) is 12.1 Å². The Morgan fingerprint density at radius 3 is 1.52 bits per heavy atom. The van der Waals surface area contributed by atoms with Crippen LogP contribution in [0.15, 0.2) is 60.7 Å². The molecule has 0 aliphatic carbocycles. The summed E-state index contributed by atoms with van der Waals surface area (Å²) in [5, 5.41) is 4.16. The fraction of sp³-hybridized carbons (Fsp3) is 0.0909. The first kappa shape index (κ1) is 19.7. The van der Waals surface area contributed by atoms with Crippen molar-refractivity contribution < 1.29 is 8.78 Å². The van der Waals surface area contributed by atoms with Crippen LogP contribution in [0.4, 0.5) is 8.78 Å². The lowest BCUT2D eigenvalue weighted by molar-refractivity contribution is 0.630. The van der Waals surface area contributed by atoms with Crippen molar-refractivity contribution in [3.05, 3.63) is 93.7 Å². The van der Waals surface area contributed by atoms with Crippen LogP contribution in [0.5, 0.6) is 0 Å². The summed E-state index contributed by atoms with van der Waals surface area (Å²) in [6.45, 7) is 0.917. The normalized spacial score (nSPS) is 11.2. The molecule has 0 unspecified atom stereocenters. The van der Waals surface area contributed by atoms with Crippen LogP contribution >= 0.6 is 23.2 Å². The van der Waals surface area contributed by atoms with Crippen molar-refractivity contribution in [2.75, 3.05) is 0 Å². The molecular weight excluding hydrogens is 415 g/mol. The van der Waals surface area contributed by atoms with Crippen LogP contribution in [0.25, 0.3) is 22.5 Å². The Bertz CT molecular complexity index is 1060. The molecule has 2 aromatic carbocycles. The highest BCUT2D eigenvalue weighted by Gasteiger charge is 2.13. The van der Waals surface area contributed by atoms with E-state index in [2.05, 4.69) is 15.3 Å². The van der Waals surface area contributed by atoms with Crippen LogP contribution in [-0.2, 0) is 13.1 Å². The average Bonchev–Trinajstić information content (AvgIpc) is 3.25. The van der Waals surface area contributed by atoms with Crippen molar-refractivity contribution >= 4 is 23.2 Å². The van der Waals surface area contributed by atoms with Gasteiger partial charge in [-0.05, 0) is 36.4 Å². The third kappa shape index (κ3) is 4.22. The molecule has 0 atom stereocenters. The smallest absolute Gasteiger partial charge is 0.132 e. The Morgan fingerprint density at radius 2 is 1.10 bits per heavy atom. The standard InChI is InChI=1S/C22H17Cl2F2N3/c23-21-13(9-19(28-21)15-5-1-3-7-17(15)25)11-27-12-14-10-20(29-22(14)24)16-6-2-4-8-18(16)26/h1-10,27-29H,11-12H2. The van der Waals surface area contributed by atoms with E-state index in [9.17, 15) is 8.78 Å². The van der Waals surface area contributed by atoms with E-state index < -0.39 is 0 Å². The molecule has 2 aromatic heterocycles. The van der Waals surface area contributed by atoms with E-state index in [-0.39, 0.29) is 11.6 Å². The minimum atomic E-state index is -0.315. The minimum absolute atomic E-state index is 0.315. The van der Waals surface area contributed by atoms with Crippen LogP contribution in [0.3, 0.4) is 0 Å². The van der Waals surface area contributed by atoms with Gasteiger partial charge in [0.25, 0.3) is 0 Å². The molecule has 0 saturated heterocycles. The van der Waals surface area contributed by atoms with Gasteiger partial charge in [-0.3, -0.25) is 0 Å². The Morgan fingerprint density at radius 1 is 0.690 bits per heavy atom. The van der Waals surface area contributed by atoms with Gasteiger partial charge in [0, 0.05) is 46.7 Å². The summed E-state index contributed by atoms with van der Waals surface area (Å²) >= 11 is 12.5. The molecule has 0 fully saturated rings. The lowest BCUT2D eigenvalue weighted by Crippen LogP contribution is -2.12. The van der Waals surface area contributed by atoms with Crippen molar-refractivity contribution in [1.82, 2.24) is 15.3 Å². The Labute approximate surface area is 176 Å². The van der Waals surface area contributed by atoms with Gasteiger partial charge in [0.1, 0.15) is 21.9 Å². The van der Waals surface area contributed by atoms with Gasteiger partial charge < -0.3 is 15.3 Å². The summed E-state index contributed by atoms with van der Waals surface area (Å²) in [5.74, 6) is -0.630. The fourth-order valence-corrected chi connectivity index (χ4v) is 3.63. The van der Waals surface area contributed by atoms with Crippen LogP contribution in [0.1, 0.15) is 11.1 Å². The molecule has 29 heavy (non-hydrogen) atoms. The Hall–Kier alpha value is -2.60. The fourth-order valence-electron chi connectivity index (χ4n) is 3.18. The Kier molecular flexibility index (Phi) is 5.72. The highest BCUT2D eigenvalue weighted by atomic mass is 35.5. The number of nitrogens with one attached hydrogen (secondary N) is 3. The van der Waals surface area contributed by atoms with Crippen LogP contribution in [0.2, 0.25) is 10.3 Å². The van der Waals surface area contributed by atoms with Crippen molar-refractivity contribution in [3.63, 3.8) is 0 Å². The second-order valence-corrected chi connectivity index (χ2v) is 7.36. The lowest BCUT2D eigenvalue weighted by atomic mass is 10.1. The van der Waals surface area contributed by atoms with Gasteiger partial charge >= 0.3 is 0 Å². The predicted octanol–water partition coefficient (Wildman–Crippen LogP) is 6.55. The van der Waals surface area contributed by atoms with E-state index in [1.165, 1.54) is 12.1 Å². The molecule has 0 spiro atoms. The van der Waals surface area contributed by atoms with Gasteiger partial charge in [-0.25, -0.2) is 8.78 Å². The second-order valence-electron chi connectivity index (χ2n) is 6.61. The average molecular weight is 432 g/mol. The third-order valence-electron chi connectivity index (χ3n) is 4.65. The molecule has 0 bridgehead atoms. The molecule has 0 radical (unpaired) electrons. The first-order chi connectivity index (χ1) is 14.0. The highest BCUT2D eigenvalue weighted by Crippen LogP contribution is 2.28. The van der Waals surface area contributed by atoms with Crippen LogP contribution < -0.4 is 5.32 Å². The highest BCUT2D eigenvalue weighted by molar-refractivity contribution is 6.30. The summed E-state index contributed by atoms with van der Waals surface area (Å²) < 4.78 is 28.0. The van der Waals surface area contributed by atoms with Gasteiger partial charge in [-0.15, -0.1) is 0 Å². The molecule has 7 heteroatoms. The van der Waals surface area contributed by atoms with Crippen LogP contribution in [-0.4, -0.2) is 9.97 Å². The number of aromatic nitrogens is 2. The summed E-state index contributed by atoms with van der Waals surface area (Å²) in [7, 11) is 0.